The Hall–Kier alpha value is -2.78. The number of anilines is 2. The van der Waals surface area contributed by atoms with Gasteiger partial charge >= 0.3 is 0 Å². The van der Waals surface area contributed by atoms with Crippen LogP contribution >= 0.6 is 0 Å². The Bertz CT molecular complexity index is 1210. The molecule has 1 saturated carbocycles. The molecular formula is C22H28N6O2S. The molecule has 0 aliphatic heterocycles. The number of nitrogens with one attached hydrogen (secondary N) is 1. The van der Waals surface area contributed by atoms with E-state index in [1.54, 1.807) is 18.7 Å². The molecule has 0 saturated heterocycles. The van der Waals surface area contributed by atoms with Crippen molar-refractivity contribution in [1.82, 2.24) is 15.0 Å². The summed E-state index contributed by atoms with van der Waals surface area (Å²) in [6.45, 7) is 1.97. The molecule has 3 aromatic rings. The normalized spacial score (nSPS) is 19.2. The molecule has 31 heavy (non-hydrogen) atoms. The van der Waals surface area contributed by atoms with Crippen LogP contribution in [-0.4, -0.2) is 43.8 Å². The van der Waals surface area contributed by atoms with Crippen LogP contribution in [0, 0.1) is 6.92 Å². The first-order chi connectivity index (χ1) is 14.8. The first kappa shape index (κ1) is 21.5. The number of rotatable bonds is 5. The van der Waals surface area contributed by atoms with Crippen molar-refractivity contribution in [1.29, 1.82) is 0 Å². The molecule has 2 aromatic heterocycles. The Morgan fingerprint density at radius 3 is 2.68 bits per heavy atom. The monoisotopic (exact) mass is 440 g/mol. The summed E-state index contributed by atoms with van der Waals surface area (Å²) in [6.07, 6.45) is 10.3. The lowest BCUT2D eigenvalue weighted by atomic mass is 9.94. The Labute approximate surface area is 182 Å². The fourth-order valence-electron chi connectivity index (χ4n) is 3.85. The van der Waals surface area contributed by atoms with Gasteiger partial charge in [0.15, 0.2) is 0 Å². The molecule has 2 heterocycles. The molecule has 9 heteroatoms. The highest BCUT2D eigenvalue weighted by molar-refractivity contribution is 7.92. The number of hydrogen-bond acceptors (Lipinski definition) is 8. The lowest BCUT2D eigenvalue weighted by Gasteiger charge is -2.27. The highest BCUT2D eigenvalue weighted by Gasteiger charge is 2.21. The molecule has 3 N–H and O–H groups in total. The molecular weight excluding hydrogens is 412 g/mol. The van der Waals surface area contributed by atoms with Gasteiger partial charge in [-0.1, -0.05) is 0 Å². The summed E-state index contributed by atoms with van der Waals surface area (Å²) in [5, 5.41) is 4.25. The number of aryl methyl sites for hydroxylation is 1. The summed E-state index contributed by atoms with van der Waals surface area (Å²) < 4.78 is 22.6. The van der Waals surface area contributed by atoms with Gasteiger partial charge in [0.25, 0.3) is 0 Å². The molecule has 0 amide bonds. The minimum atomic E-state index is -2.26. The summed E-state index contributed by atoms with van der Waals surface area (Å²) in [6, 6.07) is 7.77. The molecule has 4 rings (SSSR count). The highest BCUT2D eigenvalue weighted by Crippen LogP contribution is 2.33. The van der Waals surface area contributed by atoms with Gasteiger partial charge in [-0.05, 0) is 62.4 Å². The molecule has 0 bridgehead atoms. The van der Waals surface area contributed by atoms with Crippen molar-refractivity contribution < 1.29 is 8.95 Å². The maximum absolute atomic E-state index is 12.1. The molecule has 8 nitrogen and oxygen atoms in total. The third-order valence-corrected chi connectivity index (χ3v) is 5.92. The zero-order valence-electron chi connectivity index (χ0n) is 18.0. The van der Waals surface area contributed by atoms with Crippen LogP contribution in [0.5, 0.6) is 5.88 Å². The van der Waals surface area contributed by atoms with Crippen molar-refractivity contribution in [3.63, 3.8) is 0 Å². The Kier molecular flexibility index (Phi) is 6.06. The van der Waals surface area contributed by atoms with Gasteiger partial charge in [-0.25, -0.2) is 19.2 Å². The topological polar surface area (TPSA) is 115 Å². The Balaban J connectivity index is 1.66. The quantitative estimate of drug-likeness (QED) is 0.614. The number of fused-ring (bicyclic) bond motifs is 1. The van der Waals surface area contributed by atoms with Crippen molar-refractivity contribution in [2.75, 3.05) is 17.8 Å². The third kappa shape index (κ3) is 5.29. The number of pyridine rings is 1. The fraction of sp³-hybridized carbons (Fsp3) is 0.409. The second kappa shape index (κ2) is 8.76. The molecule has 164 valence electrons. The van der Waals surface area contributed by atoms with Gasteiger partial charge in [0.1, 0.15) is 23.9 Å². The van der Waals surface area contributed by atoms with Crippen LogP contribution < -0.4 is 15.8 Å². The van der Waals surface area contributed by atoms with Crippen LogP contribution in [0.4, 0.5) is 17.2 Å². The summed E-state index contributed by atoms with van der Waals surface area (Å²) in [4.78, 5) is 13.3. The Morgan fingerprint density at radius 2 is 1.94 bits per heavy atom. The SMILES string of the molecule is Cc1cc(N=S(C)(C)=O)cc2ncnc(Nc3cccnc3O[C@H]3CC[C@H](N)CC3)c12. The van der Waals surface area contributed by atoms with E-state index in [9.17, 15) is 4.21 Å². The van der Waals surface area contributed by atoms with Gasteiger partial charge in [-0.3, -0.25) is 0 Å². The predicted molar refractivity (Wildman–Crippen MR) is 125 cm³/mol. The van der Waals surface area contributed by atoms with Crippen LogP contribution in [0.2, 0.25) is 0 Å². The maximum Gasteiger partial charge on any atom is 0.238 e. The third-order valence-electron chi connectivity index (χ3n) is 5.27. The average Bonchev–Trinajstić information content (AvgIpc) is 2.70. The van der Waals surface area contributed by atoms with E-state index in [0.717, 1.165) is 47.8 Å². The van der Waals surface area contributed by atoms with Gasteiger partial charge in [0, 0.05) is 39.9 Å². The van der Waals surface area contributed by atoms with Crippen LogP contribution in [0.3, 0.4) is 0 Å². The molecule has 1 fully saturated rings. The van der Waals surface area contributed by atoms with Crippen molar-refractivity contribution in [2.24, 2.45) is 10.1 Å². The van der Waals surface area contributed by atoms with E-state index < -0.39 is 9.73 Å². The molecule has 0 atom stereocenters. The number of hydrogen-bond donors (Lipinski definition) is 2. The first-order valence-electron chi connectivity index (χ1n) is 10.4. The lowest BCUT2D eigenvalue weighted by Crippen LogP contribution is -2.31. The number of ether oxygens (including phenoxy) is 1. The summed E-state index contributed by atoms with van der Waals surface area (Å²) >= 11 is 0. The van der Waals surface area contributed by atoms with Crippen molar-refractivity contribution >= 4 is 37.8 Å². The molecule has 1 aromatic carbocycles. The summed E-state index contributed by atoms with van der Waals surface area (Å²) in [7, 11) is -2.26. The van der Waals surface area contributed by atoms with E-state index in [-0.39, 0.29) is 12.1 Å². The van der Waals surface area contributed by atoms with E-state index >= 15 is 0 Å². The van der Waals surface area contributed by atoms with E-state index in [1.807, 2.05) is 31.2 Å². The van der Waals surface area contributed by atoms with Crippen LogP contribution in [0.25, 0.3) is 10.9 Å². The van der Waals surface area contributed by atoms with E-state index in [4.69, 9.17) is 10.5 Å². The number of nitrogens with zero attached hydrogens (tertiary/aromatic N) is 4. The van der Waals surface area contributed by atoms with Gasteiger partial charge in [0.05, 0.1) is 11.2 Å². The Morgan fingerprint density at radius 1 is 1.16 bits per heavy atom. The minimum absolute atomic E-state index is 0.112. The zero-order valence-corrected chi connectivity index (χ0v) is 18.9. The van der Waals surface area contributed by atoms with Gasteiger partial charge < -0.3 is 15.8 Å². The van der Waals surface area contributed by atoms with Gasteiger partial charge in [0.2, 0.25) is 5.88 Å². The van der Waals surface area contributed by atoms with Crippen LogP contribution in [-0.2, 0) is 9.73 Å². The molecule has 0 unspecified atom stereocenters. The van der Waals surface area contributed by atoms with Gasteiger partial charge in [-0.2, -0.15) is 4.36 Å². The van der Waals surface area contributed by atoms with E-state index in [0.29, 0.717) is 17.4 Å². The minimum Gasteiger partial charge on any atom is -0.473 e. The molecule has 0 radical (unpaired) electrons. The zero-order chi connectivity index (χ0) is 22.0. The maximum atomic E-state index is 12.1. The summed E-state index contributed by atoms with van der Waals surface area (Å²) in [5.74, 6) is 1.21. The van der Waals surface area contributed by atoms with E-state index in [2.05, 4.69) is 24.6 Å². The van der Waals surface area contributed by atoms with Crippen molar-refractivity contribution in [3.8, 4) is 5.88 Å². The van der Waals surface area contributed by atoms with Crippen LogP contribution in [0.15, 0.2) is 41.2 Å². The number of benzene rings is 1. The van der Waals surface area contributed by atoms with Crippen molar-refractivity contribution in [3.05, 3.63) is 42.4 Å². The van der Waals surface area contributed by atoms with E-state index in [1.165, 1.54) is 6.33 Å². The average molecular weight is 441 g/mol. The second-order valence-corrected chi connectivity index (χ2v) is 10.8. The fourth-order valence-corrected chi connectivity index (χ4v) is 4.46. The lowest BCUT2D eigenvalue weighted by molar-refractivity contribution is 0.142. The second-order valence-electron chi connectivity index (χ2n) is 8.29. The number of aromatic nitrogens is 3. The largest absolute Gasteiger partial charge is 0.473 e. The standard InChI is InChI=1S/C22H28N6O2S/c1-14-11-16(28-31(2,3)29)12-19-20(14)21(26-13-25-19)27-18-5-4-10-24-22(18)30-17-8-6-15(23)7-9-17/h4-5,10-13,15,17H,6-9,23H2,1-3H3,(H,25,26,27)/t15-,17-. The summed E-state index contributed by atoms with van der Waals surface area (Å²) in [5.41, 5.74) is 9.07. The first-order valence-corrected chi connectivity index (χ1v) is 12.7. The van der Waals surface area contributed by atoms with Crippen LogP contribution in [0.1, 0.15) is 31.2 Å². The van der Waals surface area contributed by atoms with Crippen molar-refractivity contribution in [2.45, 2.75) is 44.8 Å². The molecule has 0 spiro atoms. The van der Waals surface area contributed by atoms with Gasteiger partial charge in [-0.15, -0.1) is 0 Å². The highest BCUT2D eigenvalue weighted by atomic mass is 32.2. The number of nitrogens with two attached hydrogens (primary N) is 1. The smallest absolute Gasteiger partial charge is 0.238 e. The molecule has 1 aliphatic carbocycles. The molecule has 1 aliphatic rings. The predicted octanol–water partition coefficient (Wildman–Crippen LogP) is 4.08.